The van der Waals surface area contributed by atoms with Gasteiger partial charge in [-0.2, -0.15) is 5.10 Å². The molecule has 7 heteroatoms. The normalized spacial score (nSPS) is 11.4. The number of hydrogen-bond donors (Lipinski definition) is 1. The lowest BCUT2D eigenvalue weighted by Gasteiger charge is -2.22. The molecule has 0 bridgehead atoms. The number of ether oxygens (including phenoxy) is 3. The first-order chi connectivity index (χ1) is 20.4. The highest BCUT2D eigenvalue weighted by Gasteiger charge is 2.17. The monoisotopic (exact) mass is 598 g/mol. The van der Waals surface area contributed by atoms with Crippen molar-refractivity contribution in [3.8, 4) is 17.2 Å². The molecule has 0 aromatic heterocycles. The van der Waals surface area contributed by atoms with Crippen LogP contribution in [-0.2, 0) is 18.6 Å². The van der Waals surface area contributed by atoms with Gasteiger partial charge in [-0.15, -0.1) is 0 Å². The Hall–Kier alpha value is -4.29. The molecule has 0 heterocycles. The molecular weight excluding hydrogens is 560 g/mol. The summed E-state index contributed by atoms with van der Waals surface area (Å²) in [4.78, 5) is 12.6. The number of nitrogens with one attached hydrogen (secondary N) is 1. The fourth-order valence-electron chi connectivity index (χ4n) is 4.54. The molecule has 43 heavy (non-hydrogen) atoms. The summed E-state index contributed by atoms with van der Waals surface area (Å²) in [5.74, 6) is 1.65. The van der Waals surface area contributed by atoms with Crippen LogP contribution in [0.1, 0.15) is 70.1 Å². The average molecular weight is 599 g/mol. The molecule has 0 spiro atoms. The van der Waals surface area contributed by atoms with Crippen molar-refractivity contribution < 1.29 is 19.0 Å². The van der Waals surface area contributed by atoms with Gasteiger partial charge < -0.3 is 14.2 Å². The number of hydrogen-bond acceptors (Lipinski definition) is 5. The highest BCUT2D eigenvalue weighted by molar-refractivity contribution is 6.31. The van der Waals surface area contributed by atoms with Crippen molar-refractivity contribution in [1.82, 2.24) is 5.43 Å². The maximum absolute atomic E-state index is 12.6. The van der Waals surface area contributed by atoms with E-state index >= 15 is 0 Å². The number of benzene rings is 4. The Balaban J connectivity index is 1.32. The number of amides is 1. The molecule has 0 saturated carbocycles. The Morgan fingerprint density at radius 2 is 1.53 bits per heavy atom. The molecule has 1 N–H and O–H groups in total. The van der Waals surface area contributed by atoms with E-state index in [0.29, 0.717) is 35.3 Å². The Bertz CT molecular complexity index is 1600. The van der Waals surface area contributed by atoms with Crippen LogP contribution < -0.4 is 19.6 Å². The minimum atomic E-state index is -0.313. The van der Waals surface area contributed by atoms with Gasteiger partial charge in [-0.05, 0) is 114 Å². The number of rotatable bonds is 10. The van der Waals surface area contributed by atoms with Crippen molar-refractivity contribution in [3.05, 3.63) is 122 Å². The first-order valence-corrected chi connectivity index (χ1v) is 14.5. The van der Waals surface area contributed by atoms with E-state index in [9.17, 15) is 4.79 Å². The zero-order valence-electron chi connectivity index (χ0n) is 25.9. The Morgan fingerprint density at radius 1 is 0.837 bits per heavy atom. The van der Waals surface area contributed by atoms with E-state index < -0.39 is 0 Å². The second-order valence-corrected chi connectivity index (χ2v) is 12.0. The van der Waals surface area contributed by atoms with Gasteiger partial charge in [-0.1, -0.05) is 56.6 Å². The minimum Gasteiger partial charge on any atom is -0.493 e. The summed E-state index contributed by atoms with van der Waals surface area (Å²) in [6.07, 6.45) is 1.57. The number of halogens is 1. The molecule has 4 aromatic carbocycles. The molecule has 0 atom stereocenters. The highest BCUT2D eigenvalue weighted by atomic mass is 35.5. The molecule has 0 unspecified atom stereocenters. The summed E-state index contributed by atoms with van der Waals surface area (Å²) in [5.41, 5.74) is 10.7. The topological polar surface area (TPSA) is 69.2 Å². The van der Waals surface area contributed by atoms with E-state index in [4.69, 9.17) is 25.8 Å². The van der Waals surface area contributed by atoms with Gasteiger partial charge in [0.1, 0.15) is 19.0 Å². The van der Waals surface area contributed by atoms with E-state index in [1.54, 1.807) is 25.5 Å². The van der Waals surface area contributed by atoms with Gasteiger partial charge in [-0.3, -0.25) is 4.79 Å². The molecule has 224 valence electrons. The van der Waals surface area contributed by atoms with E-state index in [0.717, 1.165) is 22.4 Å². The van der Waals surface area contributed by atoms with Crippen LogP contribution >= 0.6 is 11.6 Å². The first kappa shape index (κ1) is 31.6. The number of hydrazone groups is 1. The van der Waals surface area contributed by atoms with Crippen LogP contribution in [0, 0.1) is 20.8 Å². The third-order valence-corrected chi connectivity index (χ3v) is 7.68. The summed E-state index contributed by atoms with van der Waals surface area (Å²) >= 11 is 6.07. The van der Waals surface area contributed by atoms with Crippen LogP contribution in [0.2, 0.25) is 5.02 Å². The summed E-state index contributed by atoms with van der Waals surface area (Å²) in [5, 5.41) is 4.83. The third kappa shape index (κ3) is 8.39. The largest absolute Gasteiger partial charge is 0.493 e. The lowest BCUT2D eigenvalue weighted by Crippen LogP contribution is -2.17. The van der Waals surface area contributed by atoms with Crippen LogP contribution in [0.5, 0.6) is 17.2 Å². The summed E-state index contributed by atoms with van der Waals surface area (Å²) in [7, 11) is 1.60. The van der Waals surface area contributed by atoms with Crippen molar-refractivity contribution in [2.24, 2.45) is 5.10 Å². The van der Waals surface area contributed by atoms with Gasteiger partial charge in [0.15, 0.2) is 11.5 Å². The molecule has 0 fully saturated rings. The fourth-order valence-corrected chi connectivity index (χ4v) is 4.66. The zero-order valence-corrected chi connectivity index (χ0v) is 26.6. The van der Waals surface area contributed by atoms with Crippen molar-refractivity contribution in [3.63, 3.8) is 0 Å². The highest BCUT2D eigenvalue weighted by Crippen LogP contribution is 2.31. The van der Waals surface area contributed by atoms with Crippen molar-refractivity contribution in [2.45, 2.75) is 60.2 Å². The van der Waals surface area contributed by atoms with Gasteiger partial charge in [0.2, 0.25) is 0 Å². The van der Waals surface area contributed by atoms with Crippen LogP contribution in [0.4, 0.5) is 0 Å². The van der Waals surface area contributed by atoms with Crippen LogP contribution in [0.25, 0.3) is 0 Å². The van der Waals surface area contributed by atoms with E-state index in [-0.39, 0.29) is 11.3 Å². The lowest BCUT2D eigenvalue weighted by molar-refractivity contribution is 0.0955. The van der Waals surface area contributed by atoms with Gasteiger partial charge in [0, 0.05) is 10.6 Å². The molecule has 0 aliphatic rings. The lowest BCUT2D eigenvalue weighted by atomic mass is 9.84. The quantitative estimate of drug-likeness (QED) is 0.147. The van der Waals surface area contributed by atoms with Crippen molar-refractivity contribution in [2.75, 3.05) is 7.11 Å². The molecule has 0 radical (unpaired) electrons. The smallest absolute Gasteiger partial charge is 0.271 e. The first-order valence-electron chi connectivity index (χ1n) is 14.2. The number of aryl methyl sites for hydroxylation is 3. The molecular formula is C36H39ClN2O4. The number of methoxy groups -OCH3 is 1. The molecule has 0 saturated heterocycles. The van der Waals surface area contributed by atoms with Gasteiger partial charge in [0.05, 0.1) is 13.3 Å². The average Bonchev–Trinajstić information content (AvgIpc) is 2.97. The van der Waals surface area contributed by atoms with E-state index in [1.807, 2.05) is 55.5 Å². The van der Waals surface area contributed by atoms with Crippen LogP contribution in [-0.4, -0.2) is 19.2 Å². The number of carbonyl (C=O) groups is 1. The van der Waals surface area contributed by atoms with Crippen LogP contribution in [0.15, 0.2) is 77.9 Å². The van der Waals surface area contributed by atoms with E-state index in [2.05, 4.69) is 57.3 Å². The summed E-state index contributed by atoms with van der Waals surface area (Å²) in [6, 6.07) is 22.8. The Kier molecular flexibility index (Phi) is 10.1. The Morgan fingerprint density at radius 3 is 2.16 bits per heavy atom. The summed E-state index contributed by atoms with van der Waals surface area (Å²) < 4.78 is 17.6. The van der Waals surface area contributed by atoms with Gasteiger partial charge in [-0.25, -0.2) is 5.43 Å². The van der Waals surface area contributed by atoms with Gasteiger partial charge in [0.25, 0.3) is 5.91 Å². The summed E-state index contributed by atoms with van der Waals surface area (Å²) in [6.45, 7) is 13.7. The number of carbonyl (C=O) groups excluding carboxylic acids is 1. The molecule has 6 nitrogen and oxygen atoms in total. The van der Waals surface area contributed by atoms with Crippen molar-refractivity contribution >= 4 is 23.7 Å². The third-order valence-electron chi connectivity index (χ3n) is 7.25. The molecule has 1 amide bonds. The second kappa shape index (κ2) is 13.8. The maximum Gasteiger partial charge on any atom is 0.271 e. The number of nitrogens with zero attached hydrogens (tertiary/aromatic N) is 1. The van der Waals surface area contributed by atoms with Gasteiger partial charge >= 0.3 is 0 Å². The molecule has 0 aliphatic carbocycles. The van der Waals surface area contributed by atoms with E-state index in [1.165, 1.54) is 22.3 Å². The maximum atomic E-state index is 12.6. The fraction of sp³-hybridized carbons (Fsp3) is 0.278. The van der Waals surface area contributed by atoms with Crippen LogP contribution in [0.3, 0.4) is 0 Å². The second-order valence-electron chi connectivity index (χ2n) is 11.6. The predicted octanol–water partition coefficient (Wildman–Crippen LogP) is 8.49. The minimum absolute atomic E-state index is 0.0906. The molecule has 0 aliphatic heterocycles. The molecule has 4 rings (SSSR count). The molecule has 4 aromatic rings. The predicted molar refractivity (Wildman–Crippen MR) is 174 cm³/mol. The van der Waals surface area contributed by atoms with Crippen molar-refractivity contribution in [1.29, 1.82) is 0 Å². The Labute approximate surface area is 259 Å². The standard InChI is InChI=1S/C36H39ClN2O4/c1-23-16-29(36(4,5)6)17-24(2)31(23)22-43-33-15-10-27(19-34(33)41-7)20-38-39-35(40)28-11-8-26(9-12-28)21-42-30-13-14-32(37)25(3)18-30/h8-20H,21-22H2,1-7H3,(H,39,40)/b38-20+. The zero-order chi connectivity index (χ0) is 31.1. The SMILES string of the molecule is COc1cc(/C=N/NC(=O)c2ccc(COc3ccc(Cl)c(C)c3)cc2)ccc1OCc1c(C)cc(C(C)(C)C)cc1C.